The molecule has 5 nitrogen and oxygen atoms in total. The Morgan fingerprint density at radius 2 is 2.04 bits per heavy atom. The zero-order valence-corrected chi connectivity index (χ0v) is 13.7. The van der Waals surface area contributed by atoms with Crippen molar-refractivity contribution in [3.63, 3.8) is 0 Å². The topological polar surface area (TPSA) is 64.4 Å². The number of halogens is 1. The van der Waals surface area contributed by atoms with Crippen LogP contribution in [0.3, 0.4) is 0 Å². The maximum atomic E-state index is 12.2. The lowest BCUT2D eigenvalue weighted by Gasteiger charge is -2.09. The minimum Gasteiger partial charge on any atom is -0.495 e. The van der Waals surface area contributed by atoms with E-state index in [9.17, 15) is 4.79 Å². The molecule has 3 aromatic rings. The molecule has 0 atom stereocenters. The van der Waals surface area contributed by atoms with Crippen molar-refractivity contribution >= 4 is 23.2 Å². The van der Waals surface area contributed by atoms with Gasteiger partial charge in [-0.05, 0) is 30.3 Å². The molecule has 0 saturated heterocycles. The van der Waals surface area contributed by atoms with Gasteiger partial charge in [-0.15, -0.1) is 0 Å². The first kappa shape index (κ1) is 16.1. The zero-order valence-electron chi connectivity index (χ0n) is 13.0. The number of rotatable bonds is 5. The van der Waals surface area contributed by atoms with Gasteiger partial charge in [-0.1, -0.05) is 29.8 Å². The summed E-state index contributed by atoms with van der Waals surface area (Å²) in [4.78, 5) is 16.4. The summed E-state index contributed by atoms with van der Waals surface area (Å²) in [5.41, 5.74) is 1.37. The van der Waals surface area contributed by atoms with Crippen LogP contribution in [0.2, 0.25) is 5.02 Å². The molecule has 6 heteroatoms. The van der Waals surface area contributed by atoms with E-state index in [0.717, 1.165) is 5.56 Å². The molecule has 0 bridgehead atoms. The molecule has 24 heavy (non-hydrogen) atoms. The molecule has 0 fully saturated rings. The third-order valence-electron chi connectivity index (χ3n) is 3.34. The summed E-state index contributed by atoms with van der Waals surface area (Å²) in [7, 11) is 1.53. The Balaban J connectivity index is 1.70. The predicted molar refractivity (Wildman–Crippen MR) is 92.3 cm³/mol. The van der Waals surface area contributed by atoms with Crippen molar-refractivity contribution in [2.24, 2.45) is 0 Å². The van der Waals surface area contributed by atoms with Gasteiger partial charge in [0.1, 0.15) is 11.5 Å². The number of methoxy groups -OCH3 is 1. The molecule has 1 aromatic heterocycles. The zero-order chi connectivity index (χ0) is 16.9. The molecule has 0 saturated carbocycles. The van der Waals surface area contributed by atoms with Crippen molar-refractivity contribution in [1.82, 2.24) is 4.98 Å². The number of hydrogen-bond acceptors (Lipinski definition) is 4. The number of nitrogens with zero attached hydrogens (tertiary/aromatic N) is 1. The van der Waals surface area contributed by atoms with E-state index in [0.29, 0.717) is 28.1 Å². The van der Waals surface area contributed by atoms with Crippen LogP contribution in [0.5, 0.6) is 5.75 Å². The number of oxazole rings is 1. The van der Waals surface area contributed by atoms with Crippen molar-refractivity contribution in [1.29, 1.82) is 0 Å². The molecule has 3 rings (SSSR count). The predicted octanol–water partition coefficient (Wildman–Crippen LogP) is 4.18. The molecule has 2 aromatic carbocycles. The Labute approximate surface area is 144 Å². The maximum absolute atomic E-state index is 12.2. The van der Waals surface area contributed by atoms with E-state index >= 15 is 0 Å². The summed E-state index contributed by atoms with van der Waals surface area (Å²) in [5.74, 6) is 1.26. The molecule has 1 heterocycles. The second kappa shape index (κ2) is 7.19. The van der Waals surface area contributed by atoms with Gasteiger partial charge in [-0.25, -0.2) is 4.98 Å². The van der Waals surface area contributed by atoms with Crippen LogP contribution in [-0.4, -0.2) is 18.0 Å². The van der Waals surface area contributed by atoms with Crippen molar-refractivity contribution < 1.29 is 13.9 Å². The van der Waals surface area contributed by atoms with E-state index in [1.165, 1.54) is 7.11 Å². The van der Waals surface area contributed by atoms with Crippen molar-refractivity contribution in [2.75, 3.05) is 12.4 Å². The summed E-state index contributed by atoms with van der Waals surface area (Å²) in [6.45, 7) is 0. The largest absolute Gasteiger partial charge is 0.495 e. The first-order valence-corrected chi connectivity index (χ1v) is 7.67. The Bertz CT molecular complexity index is 846. The standard InChI is InChI=1S/C18H15ClN2O3/c1-23-16-8-7-13(19)9-15(16)21-17(22)10-14-11-20-18(24-14)12-5-3-2-4-6-12/h2-9,11H,10H2,1H3,(H,21,22). The number of hydrogen-bond donors (Lipinski definition) is 1. The summed E-state index contributed by atoms with van der Waals surface area (Å²) in [6.07, 6.45) is 1.62. The lowest BCUT2D eigenvalue weighted by atomic mass is 10.2. The molecule has 0 aliphatic heterocycles. The molecule has 0 aliphatic carbocycles. The van der Waals surface area contributed by atoms with Crippen LogP contribution in [-0.2, 0) is 11.2 Å². The second-order valence-corrected chi connectivity index (χ2v) is 5.50. The molecule has 0 spiro atoms. The van der Waals surface area contributed by atoms with Crippen molar-refractivity contribution in [3.8, 4) is 17.2 Å². The molecular weight excluding hydrogens is 328 g/mol. The number of ether oxygens (including phenoxy) is 1. The highest BCUT2D eigenvalue weighted by molar-refractivity contribution is 6.31. The molecule has 1 N–H and O–H groups in total. The molecular formula is C18H15ClN2O3. The van der Waals surface area contributed by atoms with Gasteiger partial charge < -0.3 is 14.5 Å². The highest BCUT2D eigenvalue weighted by Gasteiger charge is 2.13. The number of amides is 1. The number of nitrogens with one attached hydrogen (secondary N) is 1. The average molecular weight is 343 g/mol. The van der Waals surface area contributed by atoms with Crippen molar-refractivity contribution in [3.05, 3.63) is 65.5 Å². The van der Waals surface area contributed by atoms with Gasteiger partial charge in [0.25, 0.3) is 0 Å². The second-order valence-electron chi connectivity index (χ2n) is 5.07. The number of anilines is 1. The average Bonchev–Trinajstić information content (AvgIpc) is 3.04. The van der Waals surface area contributed by atoms with Gasteiger partial charge in [0.15, 0.2) is 0 Å². The van der Waals surface area contributed by atoms with Crippen LogP contribution in [0.4, 0.5) is 5.69 Å². The smallest absolute Gasteiger partial charge is 0.232 e. The van der Waals surface area contributed by atoms with Crippen LogP contribution in [0, 0.1) is 0 Å². The highest BCUT2D eigenvalue weighted by atomic mass is 35.5. The number of benzene rings is 2. The highest BCUT2D eigenvalue weighted by Crippen LogP contribution is 2.28. The van der Waals surface area contributed by atoms with E-state index in [1.807, 2.05) is 30.3 Å². The van der Waals surface area contributed by atoms with E-state index < -0.39 is 0 Å². The Hall–Kier alpha value is -2.79. The van der Waals surface area contributed by atoms with Crippen LogP contribution in [0.25, 0.3) is 11.5 Å². The van der Waals surface area contributed by atoms with Gasteiger partial charge in [0.2, 0.25) is 11.8 Å². The van der Waals surface area contributed by atoms with E-state index in [4.69, 9.17) is 20.8 Å². The van der Waals surface area contributed by atoms with Gasteiger partial charge in [-0.3, -0.25) is 4.79 Å². The molecule has 1 amide bonds. The van der Waals surface area contributed by atoms with Crippen LogP contribution in [0.1, 0.15) is 5.76 Å². The van der Waals surface area contributed by atoms with E-state index in [1.54, 1.807) is 24.4 Å². The fraction of sp³-hybridized carbons (Fsp3) is 0.111. The molecule has 0 aliphatic rings. The minimum absolute atomic E-state index is 0.0650. The molecule has 0 unspecified atom stereocenters. The fourth-order valence-electron chi connectivity index (χ4n) is 2.23. The minimum atomic E-state index is -0.244. The maximum Gasteiger partial charge on any atom is 0.232 e. The lowest BCUT2D eigenvalue weighted by Crippen LogP contribution is -2.14. The first-order chi connectivity index (χ1) is 11.7. The van der Waals surface area contributed by atoms with Gasteiger partial charge in [-0.2, -0.15) is 0 Å². The summed E-state index contributed by atoms with van der Waals surface area (Å²) in [5, 5.41) is 3.27. The summed E-state index contributed by atoms with van der Waals surface area (Å²) >= 11 is 5.95. The van der Waals surface area contributed by atoms with E-state index in [2.05, 4.69) is 10.3 Å². The number of carbonyl (C=O) groups is 1. The van der Waals surface area contributed by atoms with Crippen molar-refractivity contribution in [2.45, 2.75) is 6.42 Å². The quantitative estimate of drug-likeness (QED) is 0.755. The monoisotopic (exact) mass is 342 g/mol. The lowest BCUT2D eigenvalue weighted by molar-refractivity contribution is -0.115. The van der Waals surface area contributed by atoms with Gasteiger partial charge in [0.05, 0.1) is 25.4 Å². The summed E-state index contributed by atoms with van der Waals surface area (Å²) < 4.78 is 10.8. The normalized spacial score (nSPS) is 10.4. The molecule has 122 valence electrons. The van der Waals surface area contributed by atoms with Gasteiger partial charge in [0, 0.05) is 10.6 Å². The number of aromatic nitrogens is 1. The van der Waals surface area contributed by atoms with Crippen LogP contribution < -0.4 is 10.1 Å². The Kier molecular flexibility index (Phi) is 4.82. The number of carbonyl (C=O) groups excluding carboxylic acids is 1. The third kappa shape index (κ3) is 3.75. The van der Waals surface area contributed by atoms with Crippen LogP contribution >= 0.6 is 11.6 Å². The van der Waals surface area contributed by atoms with Crippen LogP contribution in [0.15, 0.2) is 59.1 Å². The Morgan fingerprint density at radius 1 is 1.25 bits per heavy atom. The fourth-order valence-corrected chi connectivity index (χ4v) is 2.41. The SMILES string of the molecule is COc1ccc(Cl)cc1NC(=O)Cc1cnc(-c2ccccc2)o1. The summed E-state index contributed by atoms with van der Waals surface area (Å²) in [6, 6.07) is 14.5. The Morgan fingerprint density at radius 3 is 2.79 bits per heavy atom. The first-order valence-electron chi connectivity index (χ1n) is 7.29. The van der Waals surface area contributed by atoms with E-state index in [-0.39, 0.29) is 12.3 Å². The molecule has 0 radical (unpaired) electrons. The van der Waals surface area contributed by atoms with Gasteiger partial charge >= 0.3 is 0 Å². The third-order valence-corrected chi connectivity index (χ3v) is 3.58.